The minimum Gasteiger partial charge on any atom is -0.380 e. The van der Waals surface area contributed by atoms with E-state index in [-0.39, 0.29) is 5.82 Å². The molecule has 15 heavy (non-hydrogen) atoms. The molecule has 0 aliphatic heterocycles. The average molecular weight is 243 g/mol. The Morgan fingerprint density at radius 1 is 1.47 bits per heavy atom. The summed E-state index contributed by atoms with van der Waals surface area (Å²) in [4.78, 5) is 1.37. The van der Waals surface area contributed by atoms with Gasteiger partial charge in [0, 0.05) is 11.3 Å². The summed E-state index contributed by atoms with van der Waals surface area (Å²) < 4.78 is 5.01. The molecule has 0 spiro atoms. The van der Waals surface area contributed by atoms with Crippen molar-refractivity contribution in [3.8, 4) is 0 Å². The number of hydrogen-bond acceptors (Lipinski definition) is 4. The van der Waals surface area contributed by atoms with Gasteiger partial charge in [0.2, 0.25) is 0 Å². The van der Waals surface area contributed by atoms with Gasteiger partial charge in [-0.2, -0.15) is 0 Å². The van der Waals surface area contributed by atoms with Gasteiger partial charge in [0.15, 0.2) is 11.6 Å². The Kier molecular flexibility index (Phi) is 3.28. The number of halogens is 1. The third-order valence-corrected chi connectivity index (χ3v) is 3.47. The fourth-order valence-electron chi connectivity index (χ4n) is 1.36. The molecule has 3 nitrogen and oxygen atoms in total. The standard InChI is InChI=1S/C10H11ClN2OS/c11-9-8(14-13-10(9)12)5-1-3-7-4-2-6-15-7/h2,4,6H,1,3,5H2,(H2,12,13). The Hall–Kier alpha value is -1.00. The van der Waals surface area contributed by atoms with E-state index in [0.29, 0.717) is 10.8 Å². The Labute approximate surface area is 96.8 Å². The summed E-state index contributed by atoms with van der Waals surface area (Å²) in [5.41, 5.74) is 5.47. The molecule has 80 valence electrons. The van der Waals surface area contributed by atoms with Crippen LogP contribution in [0.4, 0.5) is 5.82 Å². The zero-order valence-electron chi connectivity index (χ0n) is 8.07. The summed E-state index contributed by atoms with van der Waals surface area (Å²) >= 11 is 7.65. The molecule has 0 unspecified atom stereocenters. The zero-order valence-corrected chi connectivity index (χ0v) is 9.64. The van der Waals surface area contributed by atoms with E-state index in [9.17, 15) is 0 Å². The molecule has 0 radical (unpaired) electrons. The lowest BCUT2D eigenvalue weighted by Crippen LogP contribution is -1.88. The van der Waals surface area contributed by atoms with Crippen molar-refractivity contribution in [3.63, 3.8) is 0 Å². The van der Waals surface area contributed by atoms with Crippen LogP contribution < -0.4 is 5.73 Å². The quantitative estimate of drug-likeness (QED) is 0.896. The molecule has 0 amide bonds. The second-order valence-corrected chi connectivity index (χ2v) is 4.65. The first-order valence-corrected chi connectivity index (χ1v) is 5.95. The minimum atomic E-state index is 0.280. The van der Waals surface area contributed by atoms with E-state index in [1.807, 2.05) is 0 Å². The van der Waals surface area contributed by atoms with Gasteiger partial charge < -0.3 is 10.3 Å². The van der Waals surface area contributed by atoms with Gasteiger partial charge in [0.25, 0.3) is 0 Å². The van der Waals surface area contributed by atoms with Gasteiger partial charge in [0.05, 0.1) is 0 Å². The van der Waals surface area contributed by atoms with Crippen LogP contribution in [0.2, 0.25) is 5.02 Å². The Bertz CT molecular complexity index is 425. The summed E-state index contributed by atoms with van der Waals surface area (Å²) in [6, 6.07) is 4.18. The van der Waals surface area contributed by atoms with Crippen molar-refractivity contribution >= 4 is 28.8 Å². The largest absolute Gasteiger partial charge is 0.380 e. The van der Waals surface area contributed by atoms with Gasteiger partial charge in [-0.05, 0) is 24.3 Å². The predicted molar refractivity (Wildman–Crippen MR) is 62.3 cm³/mol. The van der Waals surface area contributed by atoms with Gasteiger partial charge >= 0.3 is 0 Å². The normalized spacial score (nSPS) is 10.7. The van der Waals surface area contributed by atoms with E-state index in [1.165, 1.54) is 4.88 Å². The van der Waals surface area contributed by atoms with Gasteiger partial charge in [-0.25, -0.2) is 0 Å². The van der Waals surface area contributed by atoms with Gasteiger partial charge in [-0.15, -0.1) is 11.3 Å². The number of thiophene rings is 1. The van der Waals surface area contributed by atoms with Gasteiger partial charge in [0.1, 0.15) is 5.02 Å². The Balaban J connectivity index is 1.86. The first-order valence-electron chi connectivity index (χ1n) is 4.69. The van der Waals surface area contributed by atoms with Crippen LogP contribution >= 0.6 is 22.9 Å². The number of anilines is 1. The molecule has 5 heteroatoms. The first kappa shape index (κ1) is 10.5. The van der Waals surface area contributed by atoms with Crippen molar-refractivity contribution in [2.45, 2.75) is 19.3 Å². The number of rotatable bonds is 4. The van der Waals surface area contributed by atoms with Crippen molar-refractivity contribution < 1.29 is 4.52 Å². The van der Waals surface area contributed by atoms with Crippen LogP contribution in [0.1, 0.15) is 17.1 Å². The van der Waals surface area contributed by atoms with Crippen LogP contribution in [0, 0.1) is 0 Å². The molecular formula is C10H11ClN2OS. The number of nitrogens with zero attached hydrogens (tertiary/aromatic N) is 1. The molecule has 0 aromatic carbocycles. The molecule has 2 heterocycles. The third-order valence-electron chi connectivity index (χ3n) is 2.13. The molecule has 0 aliphatic carbocycles. The van der Waals surface area contributed by atoms with Gasteiger partial charge in [-0.1, -0.05) is 22.8 Å². The zero-order chi connectivity index (χ0) is 10.7. The maximum absolute atomic E-state index is 5.89. The van der Waals surface area contributed by atoms with Crippen molar-refractivity contribution in [3.05, 3.63) is 33.2 Å². The van der Waals surface area contributed by atoms with Crippen molar-refractivity contribution in [2.75, 3.05) is 5.73 Å². The lowest BCUT2D eigenvalue weighted by atomic mass is 10.2. The molecule has 0 fully saturated rings. The van der Waals surface area contributed by atoms with Crippen molar-refractivity contribution in [1.82, 2.24) is 5.16 Å². The fourth-order valence-corrected chi connectivity index (χ4v) is 2.28. The smallest absolute Gasteiger partial charge is 0.185 e. The van der Waals surface area contributed by atoms with Crippen LogP contribution in [0.5, 0.6) is 0 Å². The monoisotopic (exact) mass is 242 g/mol. The maximum atomic E-state index is 5.89. The predicted octanol–water partition coefficient (Wildman–Crippen LogP) is 3.15. The highest BCUT2D eigenvalue weighted by atomic mass is 35.5. The number of aryl methyl sites for hydroxylation is 2. The lowest BCUT2D eigenvalue weighted by molar-refractivity contribution is 0.383. The third kappa shape index (κ3) is 2.52. The lowest BCUT2D eigenvalue weighted by Gasteiger charge is -1.95. The van der Waals surface area contributed by atoms with Gasteiger partial charge in [-0.3, -0.25) is 0 Å². The van der Waals surface area contributed by atoms with Crippen LogP contribution in [0.25, 0.3) is 0 Å². The van der Waals surface area contributed by atoms with E-state index < -0.39 is 0 Å². The van der Waals surface area contributed by atoms with Crippen LogP contribution in [0.3, 0.4) is 0 Å². The topological polar surface area (TPSA) is 52.0 Å². The number of nitrogens with two attached hydrogens (primary N) is 1. The summed E-state index contributed by atoms with van der Waals surface area (Å²) in [5.74, 6) is 0.966. The first-order chi connectivity index (χ1) is 7.27. The molecule has 0 bridgehead atoms. The highest BCUT2D eigenvalue weighted by molar-refractivity contribution is 7.09. The van der Waals surface area contributed by atoms with E-state index >= 15 is 0 Å². The summed E-state index contributed by atoms with van der Waals surface area (Å²) in [7, 11) is 0. The van der Waals surface area contributed by atoms with Crippen molar-refractivity contribution in [1.29, 1.82) is 0 Å². The summed E-state index contributed by atoms with van der Waals surface area (Å²) in [5, 5.41) is 6.14. The molecule has 2 aromatic rings. The Morgan fingerprint density at radius 2 is 2.33 bits per heavy atom. The molecular weight excluding hydrogens is 232 g/mol. The summed E-state index contributed by atoms with van der Waals surface area (Å²) in [6.07, 6.45) is 2.81. The minimum absolute atomic E-state index is 0.280. The van der Waals surface area contributed by atoms with Crippen LogP contribution in [0.15, 0.2) is 22.0 Å². The molecule has 0 saturated heterocycles. The molecule has 2 rings (SSSR count). The average Bonchev–Trinajstić information content (AvgIpc) is 2.83. The fraction of sp³-hybridized carbons (Fsp3) is 0.300. The molecule has 2 N–H and O–H groups in total. The Morgan fingerprint density at radius 3 is 2.93 bits per heavy atom. The molecule has 0 saturated carbocycles. The number of nitrogen functional groups attached to an aromatic ring is 1. The molecule has 0 aliphatic rings. The van der Waals surface area contributed by atoms with Crippen LogP contribution in [-0.2, 0) is 12.8 Å². The number of aromatic nitrogens is 1. The molecule has 0 atom stereocenters. The van der Waals surface area contributed by atoms with E-state index in [1.54, 1.807) is 11.3 Å². The van der Waals surface area contributed by atoms with E-state index in [0.717, 1.165) is 19.3 Å². The maximum Gasteiger partial charge on any atom is 0.185 e. The van der Waals surface area contributed by atoms with Crippen molar-refractivity contribution in [2.24, 2.45) is 0 Å². The second-order valence-electron chi connectivity index (χ2n) is 3.24. The van der Waals surface area contributed by atoms with E-state index in [2.05, 4.69) is 22.7 Å². The van der Waals surface area contributed by atoms with Crippen LogP contribution in [-0.4, -0.2) is 5.16 Å². The molecule has 2 aromatic heterocycles. The highest BCUT2D eigenvalue weighted by Gasteiger charge is 2.10. The van der Waals surface area contributed by atoms with E-state index in [4.69, 9.17) is 21.9 Å². The highest BCUT2D eigenvalue weighted by Crippen LogP contribution is 2.24. The SMILES string of the molecule is Nc1noc(CCCc2cccs2)c1Cl. The second kappa shape index (κ2) is 4.68. The summed E-state index contributed by atoms with van der Waals surface area (Å²) in [6.45, 7) is 0. The number of hydrogen-bond donors (Lipinski definition) is 1.